The second-order valence-corrected chi connectivity index (χ2v) is 4.48. The average Bonchev–Trinajstić information content (AvgIpc) is 2.47. The van der Waals surface area contributed by atoms with E-state index in [2.05, 4.69) is 4.74 Å². The number of esters is 1. The van der Waals surface area contributed by atoms with Gasteiger partial charge in [-0.25, -0.2) is 0 Å². The van der Waals surface area contributed by atoms with E-state index in [4.69, 9.17) is 9.47 Å². The molecule has 0 radical (unpaired) electrons. The van der Waals surface area contributed by atoms with Crippen LogP contribution < -0.4 is 4.74 Å². The van der Waals surface area contributed by atoms with Crippen molar-refractivity contribution in [3.05, 3.63) is 29.8 Å². The SMILES string of the molecule is COC(=O)C[C@@H](O)CCCOCc1ccc(OC)cc1. The minimum atomic E-state index is -0.660. The molecule has 1 rings (SSSR count). The van der Waals surface area contributed by atoms with Gasteiger partial charge in [0.2, 0.25) is 0 Å². The topological polar surface area (TPSA) is 65.0 Å². The Morgan fingerprint density at radius 3 is 2.55 bits per heavy atom. The van der Waals surface area contributed by atoms with E-state index in [0.29, 0.717) is 26.1 Å². The molecular weight excluding hydrogens is 260 g/mol. The van der Waals surface area contributed by atoms with E-state index in [0.717, 1.165) is 11.3 Å². The lowest BCUT2D eigenvalue weighted by molar-refractivity contribution is -0.142. The van der Waals surface area contributed by atoms with Crippen LogP contribution in [-0.2, 0) is 20.9 Å². The zero-order valence-electron chi connectivity index (χ0n) is 12.0. The predicted molar refractivity (Wildman–Crippen MR) is 74.5 cm³/mol. The van der Waals surface area contributed by atoms with Gasteiger partial charge in [0.15, 0.2) is 0 Å². The number of carbonyl (C=O) groups excluding carboxylic acids is 1. The van der Waals surface area contributed by atoms with E-state index in [-0.39, 0.29) is 6.42 Å². The van der Waals surface area contributed by atoms with Crippen molar-refractivity contribution < 1.29 is 24.1 Å². The van der Waals surface area contributed by atoms with Crippen molar-refractivity contribution in [2.45, 2.75) is 32.0 Å². The normalized spacial score (nSPS) is 11.9. The number of hydrogen-bond donors (Lipinski definition) is 1. The molecule has 112 valence electrons. The van der Waals surface area contributed by atoms with E-state index in [1.54, 1.807) is 7.11 Å². The van der Waals surface area contributed by atoms with Crippen molar-refractivity contribution in [2.24, 2.45) is 0 Å². The molecule has 1 aromatic carbocycles. The molecule has 0 aliphatic carbocycles. The summed E-state index contributed by atoms with van der Waals surface area (Å²) < 4.78 is 15.1. The second kappa shape index (κ2) is 9.34. The van der Waals surface area contributed by atoms with E-state index < -0.39 is 12.1 Å². The lowest BCUT2D eigenvalue weighted by Crippen LogP contribution is -2.15. The molecule has 0 fully saturated rings. The lowest BCUT2D eigenvalue weighted by Gasteiger charge is -2.09. The van der Waals surface area contributed by atoms with Crippen molar-refractivity contribution in [3.63, 3.8) is 0 Å². The zero-order chi connectivity index (χ0) is 14.8. The third kappa shape index (κ3) is 6.54. The Balaban J connectivity index is 2.10. The molecule has 0 aromatic heterocycles. The summed E-state index contributed by atoms with van der Waals surface area (Å²) in [6.45, 7) is 1.07. The Morgan fingerprint density at radius 2 is 1.95 bits per heavy atom. The lowest BCUT2D eigenvalue weighted by atomic mass is 10.1. The first-order chi connectivity index (χ1) is 9.65. The van der Waals surface area contributed by atoms with Crippen LogP contribution in [0.4, 0.5) is 0 Å². The van der Waals surface area contributed by atoms with Crippen LogP contribution in [-0.4, -0.2) is 38.0 Å². The summed E-state index contributed by atoms with van der Waals surface area (Å²) >= 11 is 0. The maximum Gasteiger partial charge on any atom is 0.308 e. The predicted octanol–water partition coefficient (Wildman–Crippen LogP) is 1.92. The van der Waals surface area contributed by atoms with E-state index in [9.17, 15) is 9.90 Å². The molecule has 1 atom stereocenters. The number of methoxy groups -OCH3 is 2. The molecule has 0 bridgehead atoms. The first-order valence-corrected chi connectivity index (χ1v) is 6.61. The molecule has 0 saturated heterocycles. The standard InChI is InChI=1S/C15H22O5/c1-18-14-7-5-12(6-8-14)11-20-9-3-4-13(16)10-15(17)19-2/h5-8,13,16H,3-4,9-11H2,1-2H3/t13-/m0/s1. The van der Waals surface area contributed by atoms with Crippen molar-refractivity contribution >= 4 is 5.97 Å². The monoisotopic (exact) mass is 282 g/mol. The van der Waals surface area contributed by atoms with Gasteiger partial charge in [0.1, 0.15) is 5.75 Å². The minimum Gasteiger partial charge on any atom is -0.497 e. The van der Waals surface area contributed by atoms with Crippen LogP contribution in [0.1, 0.15) is 24.8 Å². The van der Waals surface area contributed by atoms with Gasteiger partial charge in [-0.05, 0) is 30.5 Å². The van der Waals surface area contributed by atoms with Gasteiger partial charge in [-0.1, -0.05) is 12.1 Å². The Morgan fingerprint density at radius 1 is 1.25 bits per heavy atom. The molecule has 0 aliphatic heterocycles. The summed E-state index contributed by atoms with van der Waals surface area (Å²) in [4.78, 5) is 10.9. The fourth-order valence-corrected chi connectivity index (χ4v) is 1.71. The van der Waals surface area contributed by atoms with Gasteiger partial charge in [-0.3, -0.25) is 4.79 Å². The molecule has 0 amide bonds. The van der Waals surface area contributed by atoms with Crippen LogP contribution in [0.5, 0.6) is 5.75 Å². The molecule has 1 aromatic rings. The summed E-state index contributed by atoms with van der Waals surface area (Å²) in [7, 11) is 2.94. The second-order valence-electron chi connectivity index (χ2n) is 4.48. The molecule has 0 heterocycles. The van der Waals surface area contributed by atoms with Gasteiger partial charge in [0.25, 0.3) is 0 Å². The number of hydrogen-bond acceptors (Lipinski definition) is 5. The fraction of sp³-hybridized carbons (Fsp3) is 0.533. The van der Waals surface area contributed by atoms with Crippen LogP contribution in [0.25, 0.3) is 0 Å². The highest BCUT2D eigenvalue weighted by Crippen LogP contribution is 2.12. The van der Waals surface area contributed by atoms with Gasteiger partial charge in [0, 0.05) is 6.61 Å². The van der Waals surface area contributed by atoms with Gasteiger partial charge in [0.05, 0.1) is 33.4 Å². The van der Waals surface area contributed by atoms with Gasteiger partial charge in [-0.15, -0.1) is 0 Å². The Bertz CT molecular complexity index is 388. The van der Waals surface area contributed by atoms with Crippen LogP contribution in [0.3, 0.4) is 0 Å². The van der Waals surface area contributed by atoms with Crippen molar-refractivity contribution in [1.29, 1.82) is 0 Å². The van der Waals surface area contributed by atoms with Gasteiger partial charge < -0.3 is 19.3 Å². The highest BCUT2D eigenvalue weighted by molar-refractivity contribution is 5.69. The summed E-state index contributed by atoms with van der Waals surface area (Å²) in [5.74, 6) is 0.427. The molecule has 0 saturated carbocycles. The van der Waals surface area contributed by atoms with Crippen LogP contribution in [0.15, 0.2) is 24.3 Å². The molecule has 0 spiro atoms. The molecule has 5 heteroatoms. The van der Waals surface area contributed by atoms with E-state index in [1.165, 1.54) is 7.11 Å². The molecular formula is C15H22O5. The maximum absolute atomic E-state index is 10.9. The van der Waals surface area contributed by atoms with Crippen LogP contribution in [0, 0.1) is 0 Å². The molecule has 5 nitrogen and oxygen atoms in total. The average molecular weight is 282 g/mol. The quantitative estimate of drug-likeness (QED) is 0.553. The highest BCUT2D eigenvalue weighted by Gasteiger charge is 2.10. The molecule has 0 aliphatic rings. The number of carbonyl (C=O) groups is 1. The summed E-state index contributed by atoms with van der Waals surface area (Å²) in [6.07, 6.45) is 0.605. The minimum absolute atomic E-state index is 0.0367. The third-order valence-electron chi connectivity index (χ3n) is 2.88. The Labute approximate surface area is 119 Å². The number of ether oxygens (including phenoxy) is 3. The Hall–Kier alpha value is -1.59. The van der Waals surface area contributed by atoms with Crippen molar-refractivity contribution in [2.75, 3.05) is 20.8 Å². The smallest absolute Gasteiger partial charge is 0.308 e. The number of benzene rings is 1. The number of aliphatic hydroxyl groups excluding tert-OH is 1. The molecule has 20 heavy (non-hydrogen) atoms. The summed E-state index contributed by atoms with van der Waals surface area (Å²) in [5.41, 5.74) is 1.07. The highest BCUT2D eigenvalue weighted by atomic mass is 16.5. The summed E-state index contributed by atoms with van der Waals surface area (Å²) in [6, 6.07) is 7.67. The van der Waals surface area contributed by atoms with E-state index in [1.807, 2.05) is 24.3 Å². The largest absolute Gasteiger partial charge is 0.497 e. The van der Waals surface area contributed by atoms with Gasteiger partial charge in [-0.2, -0.15) is 0 Å². The fourth-order valence-electron chi connectivity index (χ4n) is 1.71. The van der Waals surface area contributed by atoms with Crippen molar-refractivity contribution in [1.82, 2.24) is 0 Å². The summed E-state index contributed by atoms with van der Waals surface area (Å²) in [5, 5.41) is 9.55. The van der Waals surface area contributed by atoms with Crippen molar-refractivity contribution in [3.8, 4) is 5.75 Å². The van der Waals surface area contributed by atoms with Crippen LogP contribution >= 0.6 is 0 Å². The van der Waals surface area contributed by atoms with Crippen LogP contribution in [0.2, 0.25) is 0 Å². The van der Waals surface area contributed by atoms with Gasteiger partial charge >= 0.3 is 5.97 Å². The maximum atomic E-state index is 10.9. The van der Waals surface area contributed by atoms with E-state index >= 15 is 0 Å². The Kier molecular flexibility index (Phi) is 7.69. The molecule has 0 unspecified atom stereocenters. The first-order valence-electron chi connectivity index (χ1n) is 6.61. The third-order valence-corrected chi connectivity index (χ3v) is 2.88. The molecule has 1 N–H and O–H groups in total. The first kappa shape index (κ1) is 16.5. The number of aliphatic hydroxyl groups is 1. The zero-order valence-corrected chi connectivity index (χ0v) is 12.0. The number of rotatable bonds is 9.